The van der Waals surface area contributed by atoms with Crippen molar-refractivity contribution in [2.24, 2.45) is 0 Å². The number of benzene rings is 1. The van der Waals surface area contributed by atoms with Gasteiger partial charge in [0.05, 0.1) is 6.54 Å². The molecule has 2 aromatic rings. The molecule has 1 atom stereocenters. The summed E-state index contributed by atoms with van der Waals surface area (Å²) in [6, 6.07) is 9.58. The molecule has 0 saturated carbocycles. The van der Waals surface area contributed by atoms with Crippen LogP contribution in [0.2, 0.25) is 0 Å². The van der Waals surface area contributed by atoms with Gasteiger partial charge in [0, 0.05) is 12.7 Å². The van der Waals surface area contributed by atoms with E-state index < -0.39 is 5.60 Å². The number of aromatic nitrogens is 1. The summed E-state index contributed by atoms with van der Waals surface area (Å²) >= 11 is 0. The average molecular weight is 354 g/mol. The van der Waals surface area contributed by atoms with Gasteiger partial charge < -0.3 is 14.7 Å². The number of nitrogens with zero attached hydrogens (tertiary/aromatic N) is 2. The highest BCUT2D eigenvalue weighted by atomic mass is 16.5. The van der Waals surface area contributed by atoms with Gasteiger partial charge in [0.15, 0.2) is 0 Å². The molecule has 0 spiro atoms. The molecule has 5 heteroatoms. The zero-order valence-electron chi connectivity index (χ0n) is 15.7. The Kier molecular flexibility index (Phi) is 5.28. The lowest BCUT2D eigenvalue weighted by Gasteiger charge is -2.38. The largest absolute Gasteiger partial charge is 0.491 e. The van der Waals surface area contributed by atoms with Crippen molar-refractivity contribution in [1.82, 2.24) is 9.88 Å². The van der Waals surface area contributed by atoms with Gasteiger partial charge >= 0.3 is 0 Å². The molecule has 1 aliphatic rings. The number of amides is 1. The zero-order valence-corrected chi connectivity index (χ0v) is 15.7. The molecular weight excluding hydrogens is 328 g/mol. The highest BCUT2D eigenvalue weighted by molar-refractivity contribution is 5.93. The van der Waals surface area contributed by atoms with Crippen LogP contribution in [0.15, 0.2) is 36.5 Å². The maximum Gasteiger partial charge on any atom is 0.272 e. The fraction of sp³-hybridized carbons (Fsp3) is 0.429. The molecule has 1 aliphatic heterocycles. The summed E-state index contributed by atoms with van der Waals surface area (Å²) in [6.45, 7) is 7.01. The van der Waals surface area contributed by atoms with Crippen LogP contribution in [0.4, 0.5) is 0 Å². The molecule has 3 rings (SSSR count). The van der Waals surface area contributed by atoms with Crippen molar-refractivity contribution in [3.63, 3.8) is 0 Å². The van der Waals surface area contributed by atoms with Crippen molar-refractivity contribution in [2.75, 3.05) is 19.7 Å². The van der Waals surface area contributed by atoms with E-state index in [0.29, 0.717) is 18.7 Å². The highest BCUT2D eigenvalue weighted by Crippen LogP contribution is 2.25. The average Bonchev–Trinajstić information content (AvgIpc) is 2.63. The van der Waals surface area contributed by atoms with E-state index in [1.165, 1.54) is 5.56 Å². The van der Waals surface area contributed by atoms with Crippen molar-refractivity contribution in [3.05, 3.63) is 58.9 Å². The number of β-amino-alcohol motifs (C(OH)–C–C–N with tert-alkyl or cyclic N) is 1. The molecule has 1 aromatic heterocycles. The summed E-state index contributed by atoms with van der Waals surface area (Å²) < 4.78 is 5.84. The highest BCUT2D eigenvalue weighted by Gasteiger charge is 2.37. The van der Waals surface area contributed by atoms with E-state index in [9.17, 15) is 9.90 Å². The molecule has 1 fully saturated rings. The Morgan fingerprint density at radius 1 is 1.23 bits per heavy atom. The van der Waals surface area contributed by atoms with E-state index in [1.54, 1.807) is 11.1 Å². The van der Waals surface area contributed by atoms with Crippen LogP contribution in [-0.2, 0) is 0 Å². The number of rotatable bonds is 4. The van der Waals surface area contributed by atoms with Crippen LogP contribution in [0.5, 0.6) is 5.75 Å². The van der Waals surface area contributed by atoms with Gasteiger partial charge in [0.1, 0.15) is 23.7 Å². The number of hydrogen-bond donors (Lipinski definition) is 1. The molecule has 0 radical (unpaired) electrons. The van der Waals surface area contributed by atoms with Gasteiger partial charge in [-0.2, -0.15) is 0 Å². The Balaban J connectivity index is 1.67. The quantitative estimate of drug-likeness (QED) is 0.917. The second-order valence-corrected chi connectivity index (χ2v) is 7.26. The fourth-order valence-electron chi connectivity index (χ4n) is 3.28. The monoisotopic (exact) mass is 354 g/mol. The first-order chi connectivity index (χ1) is 12.4. The van der Waals surface area contributed by atoms with Crippen LogP contribution in [0.25, 0.3) is 0 Å². The van der Waals surface area contributed by atoms with Crippen LogP contribution < -0.4 is 4.74 Å². The number of carbonyl (C=O) groups excluding carboxylic acids is 1. The molecule has 1 saturated heterocycles. The van der Waals surface area contributed by atoms with Crippen LogP contribution in [-0.4, -0.2) is 46.2 Å². The number of piperidine rings is 1. The number of hydrogen-bond acceptors (Lipinski definition) is 4. The van der Waals surface area contributed by atoms with Gasteiger partial charge in [0.2, 0.25) is 0 Å². The summed E-state index contributed by atoms with van der Waals surface area (Å²) in [5.74, 6) is 0.609. The van der Waals surface area contributed by atoms with Gasteiger partial charge in [-0.05, 0) is 68.5 Å². The molecule has 138 valence electrons. The van der Waals surface area contributed by atoms with Gasteiger partial charge in [0.25, 0.3) is 5.91 Å². The Morgan fingerprint density at radius 2 is 2.04 bits per heavy atom. The molecule has 1 unspecified atom stereocenters. The van der Waals surface area contributed by atoms with E-state index in [-0.39, 0.29) is 19.1 Å². The predicted octanol–water partition coefficient (Wildman–Crippen LogP) is 3.05. The van der Waals surface area contributed by atoms with Crippen LogP contribution in [0.3, 0.4) is 0 Å². The molecular formula is C21H26N2O3. The first kappa shape index (κ1) is 18.4. The molecule has 1 N–H and O–H groups in total. The molecule has 1 amide bonds. The van der Waals surface area contributed by atoms with Crippen molar-refractivity contribution in [2.45, 2.75) is 39.2 Å². The van der Waals surface area contributed by atoms with E-state index in [0.717, 1.165) is 23.3 Å². The summed E-state index contributed by atoms with van der Waals surface area (Å²) in [5.41, 5.74) is 2.61. The second kappa shape index (κ2) is 7.46. The van der Waals surface area contributed by atoms with Crippen molar-refractivity contribution < 1.29 is 14.6 Å². The lowest BCUT2D eigenvalue weighted by Crippen LogP contribution is -2.53. The van der Waals surface area contributed by atoms with E-state index in [1.807, 2.05) is 44.2 Å². The van der Waals surface area contributed by atoms with Crippen molar-refractivity contribution >= 4 is 5.91 Å². The molecule has 0 aliphatic carbocycles. The van der Waals surface area contributed by atoms with Crippen LogP contribution in [0, 0.1) is 20.8 Å². The van der Waals surface area contributed by atoms with Crippen molar-refractivity contribution in [3.8, 4) is 5.75 Å². The second-order valence-electron chi connectivity index (χ2n) is 7.26. The fourth-order valence-corrected chi connectivity index (χ4v) is 3.28. The van der Waals surface area contributed by atoms with Gasteiger partial charge in [-0.1, -0.05) is 12.1 Å². The Hall–Kier alpha value is -2.40. The summed E-state index contributed by atoms with van der Waals surface area (Å²) in [5, 5.41) is 11.0. The van der Waals surface area contributed by atoms with E-state index >= 15 is 0 Å². The minimum absolute atomic E-state index is 0.132. The number of carbonyl (C=O) groups is 1. The molecule has 5 nitrogen and oxygen atoms in total. The number of aliphatic hydroxyl groups is 1. The predicted molar refractivity (Wildman–Crippen MR) is 100 cm³/mol. The Morgan fingerprint density at radius 3 is 2.77 bits per heavy atom. The summed E-state index contributed by atoms with van der Waals surface area (Å²) in [7, 11) is 0. The molecule has 26 heavy (non-hydrogen) atoms. The molecule has 0 bridgehead atoms. The Bertz CT molecular complexity index is 806. The standard InChI is InChI=1S/C21H26N2O3/c1-15-7-8-18(12-17(15)3)26-14-21(25)9-5-11-23(13-21)20(24)19-16(2)6-4-10-22-19/h4,6-8,10,12,25H,5,9,11,13-14H2,1-3H3. The smallest absolute Gasteiger partial charge is 0.272 e. The molecule has 1 aromatic carbocycles. The van der Waals surface area contributed by atoms with Gasteiger partial charge in [-0.15, -0.1) is 0 Å². The minimum Gasteiger partial charge on any atom is -0.491 e. The SMILES string of the molecule is Cc1ccc(OCC2(O)CCCN(C(=O)c3ncccc3C)C2)cc1C. The van der Waals surface area contributed by atoms with Crippen LogP contribution in [0.1, 0.15) is 40.0 Å². The number of ether oxygens (including phenoxy) is 1. The third-order valence-electron chi connectivity index (χ3n) is 5.04. The van der Waals surface area contributed by atoms with Gasteiger partial charge in [-0.25, -0.2) is 0 Å². The Labute approximate surface area is 154 Å². The van der Waals surface area contributed by atoms with Gasteiger partial charge in [-0.3, -0.25) is 9.78 Å². The lowest BCUT2D eigenvalue weighted by atomic mass is 9.93. The summed E-state index contributed by atoms with van der Waals surface area (Å²) in [4.78, 5) is 18.7. The topological polar surface area (TPSA) is 62.7 Å². The van der Waals surface area contributed by atoms with E-state index in [2.05, 4.69) is 11.9 Å². The third-order valence-corrected chi connectivity index (χ3v) is 5.04. The number of pyridine rings is 1. The normalized spacial score (nSPS) is 20.1. The van der Waals surface area contributed by atoms with E-state index in [4.69, 9.17) is 4.74 Å². The maximum atomic E-state index is 12.8. The zero-order chi connectivity index (χ0) is 18.7. The maximum absolute atomic E-state index is 12.8. The first-order valence-electron chi connectivity index (χ1n) is 9.01. The summed E-state index contributed by atoms with van der Waals surface area (Å²) in [6.07, 6.45) is 2.98. The molecule has 2 heterocycles. The third kappa shape index (κ3) is 4.05. The first-order valence-corrected chi connectivity index (χ1v) is 9.01. The van der Waals surface area contributed by atoms with Crippen LogP contribution >= 0.6 is 0 Å². The number of aryl methyl sites for hydroxylation is 3. The number of likely N-dealkylation sites (tertiary alicyclic amines) is 1. The minimum atomic E-state index is -1.05. The lowest BCUT2D eigenvalue weighted by molar-refractivity contribution is -0.0533. The van der Waals surface area contributed by atoms with Crippen molar-refractivity contribution in [1.29, 1.82) is 0 Å².